The number of nitrogens with zero attached hydrogens (tertiary/aromatic N) is 4. The van der Waals surface area contributed by atoms with Crippen LogP contribution in [0, 0.1) is 5.95 Å². The Labute approximate surface area is 96.1 Å². The molecular weight excluding hydrogens is 227 g/mol. The Balaban J connectivity index is 2.27. The summed E-state index contributed by atoms with van der Waals surface area (Å²) in [7, 11) is 0. The highest BCUT2D eigenvalue weighted by Crippen LogP contribution is 2.06. The monoisotopic (exact) mass is 236 g/mol. The molecule has 0 amide bonds. The number of ether oxygens (including phenoxy) is 1. The third-order valence-corrected chi connectivity index (χ3v) is 1.95. The lowest BCUT2D eigenvalue weighted by molar-refractivity contribution is 0.0526. The molecule has 0 saturated heterocycles. The molecule has 0 aliphatic heterocycles. The summed E-state index contributed by atoms with van der Waals surface area (Å²) >= 11 is 0. The van der Waals surface area contributed by atoms with Crippen LogP contribution in [0.1, 0.15) is 17.3 Å². The van der Waals surface area contributed by atoms with Crippen LogP contribution >= 0.6 is 0 Å². The van der Waals surface area contributed by atoms with Gasteiger partial charge >= 0.3 is 5.97 Å². The first-order valence-corrected chi connectivity index (χ1v) is 4.90. The number of aromatic nitrogens is 4. The largest absolute Gasteiger partial charge is 0.462 e. The van der Waals surface area contributed by atoms with E-state index in [-0.39, 0.29) is 18.0 Å². The summed E-state index contributed by atoms with van der Waals surface area (Å²) in [6.07, 6.45) is 3.83. The highest BCUT2D eigenvalue weighted by Gasteiger charge is 2.10. The van der Waals surface area contributed by atoms with Gasteiger partial charge in [0.2, 0.25) is 5.95 Å². The Morgan fingerprint density at radius 2 is 2.35 bits per heavy atom. The second-order valence-corrected chi connectivity index (χ2v) is 3.09. The molecule has 0 radical (unpaired) electrons. The van der Waals surface area contributed by atoms with Crippen LogP contribution in [-0.4, -0.2) is 32.3 Å². The van der Waals surface area contributed by atoms with E-state index >= 15 is 0 Å². The van der Waals surface area contributed by atoms with Gasteiger partial charge in [-0.1, -0.05) is 0 Å². The molecule has 2 aromatic heterocycles. The minimum atomic E-state index is -0.664. The fourth-order valence-corrected chi connectivity index (χ4v) is 1.22. The third-order valence-electron chi connectivity index (χ3n) is 1.95. The normalized spacial score (nSPS) is 10.2. The van der Waals surface area contributed by atoms with Gasteiger partial charge in [-0.05, 0) is 6.92 Å². The Bertz CT molecular complexity index is 541. The van der Waals surface area contributed by atoms with Gasteiger partial charge in [0, 0.05) is 12.3 Å². The summed E-state index contributed by atoms with van der Waals surface area (Å²) in [6, 6.07) is 1.11. The second-order valence-electron chi connectivity index (χ2n) is 3.09. The van der Waals surface area contributed by atoms with E-state index in [2.05, 4.69) is 15.1 Å². The molecule has 0 spiro atoms. The van der Waals surface area contributed by atoms with Crippen molar-refractivity contribution in [1.29, 1.82) is 0 Å². The molecule has 2 aromatic rings. The molecule has 0 fully saturated rings. The van der Waals surface area contributed by atoms with E-state index in [0.29, 0.717) is 0 Å². The maximum atomic E-state index is 12.9. The number of halogens is 1. The van der Waals surface area contributed by atoms with Crippen molar-refractivity contribution in [2.24, 2.45) is 0 Å². The highest BCUT2D eigenvalue weighted by atomic mass is 19.1. The lowest BCUT2D eigenvalue weighted by Gasteiger charge is -1.98. The summed E-state index contributed by atoms with van der Waals surface area (Å²) < 4.78 is 18.9. The van der Waals surface area contributed by atoms with Crippen molar-refractivity contribution in [2.75, 3.05) is 6.61 Å². The van der Waals surface area contributed by atoms with E-state index in [9.17, 15) is 9.18 Å². The molecule has 0 N–H and O–H groups in total. The molecule has 2 heterocycles. The van der Waals surface area contributed by atoms with Crippen molar-refractivity contribution >= 4 is 5.97 Å². The van der Waals surface area contributed by atoms with Crippen molar-refractivity contribution in [3.05, 3.63) is 36.3 Å². The molecule has 0 atom stereocenters. The summed E-state index contributed by atoms with van der Waals surface area (Å²) in [5, 5.41) is 3.89. The zero-order valence-electron chi connectivity index (χ0n) is 9.00. The molecule has 7 heteroatoms. The van der Waals surface area contributed by atoms with Crippen molar-refractivity contribution in [3.8, 4) is 5.82 Å². The first-order chi connectivity index (χ1) is 8.20. The topological polar surface area (TPSA) is 69.9 Å². The first kappa shape index (κ1) is 11.2. The Morgan fingerprint density at radius 1 is 1.53 bits per heavy atom. The molecule has 0 aliphatic carbocycles. The molecule has 0 unspecified atom stereocenters. The molecule has 6 nitrogen and oxygen atoms in total. The average molecular weight is 236 g/mol. The molecule has 0 saturated carbocycles. The van der Waals surface area contributed by atoms with Gasteiger partial charge in [-0.25, -0.2) is 19.4 Å². The van der Waals surface area contributed by atoms with E-state index in [4.69, 9.17) is 4.74 Å². The van der Waals surface area contributed by atoms with E-state index in [1.807, 2.05) is 0 Å². The Morgan fingerprint density at radius 3 is 3.06 bits per heavy atom. The van der Waals surface area contributed by atoms with Gasteiger partial charge in [0.05, 0.1) is 18.4 Å². The zero-order valence-corrected chi connectivity index (χ0v) is 9.00. The summed E-state index contributed by atoms with van der Waals surface area (Å²) in [5.41, 5.74) is 0.283. The minimum Gasteiger partial charge on any atom is -0.462 e. The van der Waals surface area contributed by atoms with Crippen LogP contribution in [0.15, 0.2) is 24.8 Å². The van der Waals surface area contributed by atoms with Crippen LogP contribution in [0.3, 0.4) is 0 Å². The fraction of sp³-hybridized carbons (Fsp3) is 0.200. The van der Waals surface area contributed by atoms with Gasteiger partial charge in [0.1, 0.15) is 6.33 Å². The van der Waals surface area contributed by atoms with Crippen LogP contribution in [0.2, 0.25) is 0 Å². The van der Waals surface area contributed by atoms with Crippen LogP contribution in [0.4, 0.5) is 4.39 Å². The van der Waals surface area contributed by atoms with Gasteiger partial charge in [-0.15, -0.1) is 0 Å². The second kappa shape index (κ2) is 4.69. The standard InChI is InChI=1S/C10H9FN4O2/c1-2-17-10(16)7-4-14-15(5-7)9-3-8(11)12-6-13-9/h3-6H,2H2,1H3. The predicted molar refractivity (Wildman–Crippen MR) is 55.1 cm³/mol. The zero-order chi connectivity index (χ0) is 12.3. The molecule has 88 valence electrons. The highest BCUT2D eigenvalue weighted by molar-refractivity contribution is 5.88. The number of esters is 1. The Kier molecular flexibility index (Phi) is 3.08. The van der Waals surface area contributed by atoms with Crippen molar-refractivity contribution in [1.82, 2.24) is 19.7 Å². The lowest BCUT2D eigenvalue weighted by Crippen LogP contribution is -2.03. The van der Waals surface area contributed by atoms with Crippen molar-refractivity contribution in [3.63, 3.8) is 0 Å². The number of rotatable bonds is 3. The number of carbonyl (C=O) groups excluding carboxylic acids is 1. The maximum Gasteiger partial charge on any atom is 0.341 e. The predicted octanol–water partition coefficient (Wildman–Crippen LogP) is 0.978. The maximum absolute atomic E-state index is 12.9. The number of hydrogen-bond acceptors (Lipinski definition) is 5. The molecule has 2 rings (SSSR count). The van der Waals surface area contributed by atoms with Gasteiger partial charge in [0.15, 0.2) is 5.82 Å². The smallest absolute Gasteiger partial charge is 0.341 e. The summed E-state index contributed by atoms with van der Waals surface area (Å²) in [4.78, 5) is 18.5. The summed E-state index contributed by atoms with van der Waals surface area (Å²) in [6.45, 7) is 1.99. The van der Waals surface area contributed by atoms with E-state index in [0.717, 1.165) is 12.4 Å². The number of hydrogen-bond donors (Lipinski definition) is 0. The lowest BCUT2D eigenvalue weighted by atomic mass is 10.4. The fourth-order valence-electron chi connectivity index (χ4n) is 1.22. The quantitative estimate of drug-likeness (QED) is 0.586. The molecule has 0 aromatic carbocycles. The third kappa shape index (κ3) is 2.44. The number of carbonyl (C=O) groups is 1. The van der Waals surface area contributed by atoms with E-state index in [1.165, 1.54) is 17.1 Å². The molecule has 0 bridgehead atoms. The van der Waals surface area contributed by atoms with Crippen LogP contribution in [0.25, 0.3) is 5.82 Å². The Hall–Kier alpha value is -2.31. The van der Waals surface area contributed by atoms with Crippen LogP contribution in [0.5, 0.6) is 0 Å². The van der Waals surface area contributed by atoms with Crippen molar-refractivity contribution < 1.29 is 13.9 Å². The van der Waals surface area contributed by atoms with Crippen molar-refractivity contribution in [2.45, 2.75) is 6.92 Å². The summed E-state index contributed by atoms with van der Waals surface area (Å²) in [5.74, 6) is -0.899. The SMILES string of the molecule is CCOC(=O)c1cnn(-c2cc(F)ncn2)c1. The first-order valence-electron chi connectivity index (χ1n) is 4.90. The van der Waals surface area contributed by atoms with Gasteiger partial charge < -0.3 is 4.74 Å². The molecular formula is C10H9FN4O2. The van der Waals surface area contributed by atoms with Crippen LogP contribution in [-0.2, 0) is 4.74 Å². The van der Waals surface area contributed by atoms with Crippen LogP contribution < -0.4 is 0 Å². The van der Waals surface area contributed by atoms with Gasteiger partial charge in [-0.3, -0.25) is 0 Å². The van der Waals surface area contributed by atoms with Gasteiger partial charge in [0.25, 0.3) is 0 Å². The molecule has 0 aliphatic rings. The average Bonchev–Trinajstić information content (AvgIpc) is 2.78. The van der Waals surface area contributed by atoms with Gasteiger partial charge in [-0.2, -0.15) is 9.49 Å². The van der Waals surface area contributed by atoms with E-state index < -0.39 is 11.9 Å². The minimum absolute atomic E-state index is 0.244. The van der Waals surface area contributed by atoms with E-state index in [1.54, 1.807) is 6.92 Å². The molecule has 17 heavy (non-hydrogen) atoms.